The number of carbonyl (C=O) groups is 1. The molecule has 0 saturated carbocycles. The molecule has 0 heterocycles. The lowest BCUT2D eigenvalue weighted by Crippen LogP contribution is -2.17. The van der Waals surface area contributed by atoms with Crippen LogP contribution >= 0.6 is 0 Å². The summed E-state index contributed by atoms with van der Waals surface area (Å²) in [6.45, 7) is 1.65. The minimum absolute atomic E-state index is 0.0315. The number of amides is 1. The zero-order valence-electron chi connectivity index (χ0n) is 19.5. The largest absolute Gasteiger partial charge is 0.495 e. The topological polar surface area (TPSA) is 112 Å². The lowest BCUT2D eigenvalue weighted by atomic mass is 10.1. The Morgan fingerprint density at radius 1 is 0.794 bits per heavy atom. The first-order chi connectivity index (χ1) is 16.2. The summed E-state index contributed by atoms with van der Waals surface area (Å²) in [7, 11) is 1.86. The van der Waals surface area contributed by atoms with Crippen LogP contribution in [0.1, 0.15) is 15.9 Å². The zero-order chi connectivity index (χ0) is 24.9. The molecule has 0 fully saturated rings. The third-order valence-corrected chi connectivity index (χ3v) is 6.52. The number of hydrogen-bond acceptors (Lipinski definition) is 7. The van der Waals surface area contributed by atoms with E-state index in [0.29, 0.717) is 34.2 Å². The van der Waals surface area contributed by atoms with Crippen LogP contribution in [-0.2, 0) is 10.0 Å². The van der Waals surface area contributed by atoms with Crippen LogP contribution in [0.25, 0.3) is 0 Å². The molecule has 0 aliphatic rings. The summed E-state index contributed by atoms with van der Waals surface area (Å²) in [5, 5.41) is 2.74. The van der Waals surface area contributed by atoms with Crippen LogP contribution in [0.4, 0.5) is 11.4 Å². The second kappa shape index (κ2) is 10.3. The van der Waals surface area contributed by atoms with Crippen molar-refractivity contribution in [3.05, 3.63) is 65.7 Å². The third kappa shape index (κ3) is 5.18. The molecule has 180 valence electrons. The van der Waals surface area contributed by atoms with Gasteiger partial charge in [-0.05, 0) is 36.8 Å². The summed E-state index contributed by atoms with van der Waals surface area (Å²) in [4.78, 5) is 12.9. The maximum atomic E-state index is 13.1. The fourth-order valence-electron chi connectivity index (χ4n) is 3.32. The third-order valence-electron chi connectivity index (χ3n) is 5.01. The average Bonchev–Trinajstić information content (AvgIpc) is 2.83. The second-order valence-electron chi connectivity index (χ2n) is 7.15. The molecular formula is C24H26N2O7S. The summed E-state index contributed by atoms with van der Waals surface area (Å²) >= 11 is 0. The van der Waals surface area contributed by atoms with Crippen molar-refractivity contribution >= 4 is 27.3 Å². The molecule has 1 amide bonds. The van der Waals surface area contributed by atoms with E-state index in [0.717, 1.165) is 0 Å². The van der Waals surface area contributed by atoms with Crippen molar-refractivity contribution in [2.24, 2.45) is 0 Å². The molecular weight excluding hydrogens is 460 g/mol. The highest BCUT2D eigenvalue weighted by Crippen LogP contribution is 2.40. The van der Waals surface area contributed by atoms with Crippen LogP contribution in [0.5, 0.6) is 23.0 Å². The van der Waals surface area contributed by atoms with E-state index in [2.05, 4.69) is 10.0 Å². The number of nitrogens with one attached hydrogen (secondary N) is 2. The van der Waals surface area contributed by atoms with Gasteiger partial charge in [-0.3, -0.25) is 9.52 Å². The number of para-hydroxylation sites is 2. The van der Waals surface area contributed by atoms with Gasteiger partial charge in [-0.25, -0.2) is 8.42 Å². The molecule has 0 saturated heterocycles. The number of sulfonamides is 1. The minimum atomic E-state index is -4.00. The maximum absolute atomic E-state index is 13.1. The second-order valence-corrected chi connectivity index (χ2v) is 8.81. The molecule has 3 rings (SSSR count). The number of ether oxygens (including phenoxy) is 4. The van der Waals surface area contributed by atoms with Crippen LogP contribution in [0.2, 0.25) is 0 Å². The Bertz CT molecular complexity index is 1280. The summed E-state index contributed by atoms with van der Waals surface area (Å²) in [5.41, 5.74) is 1.31. The summed E-state index contributed by atoms with van der Waals surface area (Å²) in [6, 6.07) is 14.2. The maximum Gasteiger partial charge on any atom is 0.262 e. The van der Waals surface area contributed by atoms with Gasteiger partial charge in [0, 0.05) is 23.4 Å². The fourth-order valence-corrected chi connectivity index (χ4v) is 4.66. The Kier molecular flexibility index (Phi) is 7.52. The summed E-state index contributed by atoms with van der Waals surface area (Å²) in [5.74, 6) is 0.979. The van der Waals surface area contributed by atoms with Crippen LogP contribution in [0.15, 0.2) is 59.5 Å². The predicted octanol–water partition coefficient (Wildman–Crippen LogP) is 4.08. The first-order valence-electron chi connectivity index (χ1n) is 10.1. The van der Waals surface area contributed by atoms with Crippen LogP contribution in [-0.4, -0.2) is 42.8 Å². The lowest BCUT2D eigenvalue weighted by molar-refractivity contribution is 0.102. The summed E-state index contributed by atoms with van der Waals surface area (Å²) < 4.78 is 49.9. The van der Waals surface area contributed by atoms with Crippen molar-refractivity contribution in [2.75, 3.05) is 38.5 Å². The molecule has 34 heavy (non-hydrogen) atoms. The van der Waals surface area contributed by atoms with Gasteiger partial charge in [0.05, 0.1) is 39.0 Å². The number of aryl methyl sites for hydroxylation is 1. The Morgan fingerprint density at radius 2 is 1.41 bits per heavy atom. The van der Waals surface area contributed by atoms with E-state index < -0.39 is 15.9 Å². The van der Waals surface area contributed by atoms with Gasteiger partial charge in [0.15, 0.2) is 11.5 Å². The Hall–Kier alpha value is -3.92. The normalized spacial score (nSPS) is 10.9. The number of anilines is 2. The van der Waals surface area contributed by atoms with Gasteiger partial charge in [0.2, 0.25) is 5.75 Å². The molecule has 0 unspecified atom stereocenters. The van der Waals surface area contributed by atoms with E-state index in [1.165, 1.54) is 34.5 Å². The Morgan fingerprint density at radius 3 is 2.00 bits per heavy atom. The first kappa shape index (κ1) is 24.7. The van der Waals surface area contributed by atoms with Crippen molar-refractivity contribution in [2.45, 2.75) is 11.8 Å². The molecule has 3 aromatic rings. The smallest absolute Gasteiger partial charge is 0.262 e. The molecule has 2 N–H and O–H groups in total. The molecule has 0 spiro atoms. The van der Waals surface area contributed by atoms with Gasteiger partial charge in [-0.15, -0.1) is 0 Å². The molecule has 9 nitrogen and oxygen atoms in total. The van der Waals surface area contributed by atoms with Crippen LogP contribution in [0.3, 0.4) is 0 Å². The van der Waals surface area contributed by atoms with E-state index in [9.17, 15) is 13.2 Å². The molecule has 10 heteroatoms. The molecule has 0 aliphatic heterocycles. The van der Waals surface area contributed by atoms with E-state index in [-0.39, 0.29) is 16.1 Å². The van der Waals surface area contributed by atoms with Crippen molar-refractivity contribution in [1.82, 2.24) is 0 Å². The van der Waals surface area contributed by atoms with Gasteiger partial charge in [0.1, 0.15) is 5.75 Å². The van der Waals surface area contributed by atoms with Gasteiger partial charge in [-0.2, -0.15) is 0 Å². The lowest BCUT2D eigenvalue weighted by Gasteiger charge is -2.15. The van der Waals surface area contributed by atoms with Crippen molar-refractivity contribution < 1.29 is 32.2 Å². The number of hydrogen-bond donors (Lipinski definition) is 2. The quantitative estimate of drug-likeness (QED) is 0.469. The summed E-state index contributed by atoms with van der Waals surface area (Å²) in [6.07, 6.45) is 0. The molecule has 0 bridgehead atoms. The zero-order valence-corrected chi connectivity index (χ0v) is 20.3. The van der Waals surface area contributed by atoms with Crippen LogP contribution in [0, 0.1) is 6.92 Å². The van der Waals surface area contributed by atoms with Crippen LogP contribution < -0.4 is 29.0 Å². The number of benzene rings is 3. The highest BCUT2D eigenvalue weighted by atomic mass is 32.2. The van der Waals surface area contributed by atoms with Gasteiger partial charge in [0.25, 0.3) is 15.9 Å². The molecule has 0 aromatic heterocycles. The highest BCUT2D eigenvalue weighted by Gasteiger charge is 2.21. The molecule has 0 aliphatic carbocycles. The predicted molar refractivity (Wildman–Crippen MR) is 129 cm³/mol. The van der Waals surface area contributed by atoms with Crippen molar-refractivity contribution in [3.63, 3.8) is 0 Å². The van der Waals surface area contributed by atoms with E-state index in [4.69, 9.17) is 18.9 Å². The fraction of sp³-hybridized carbons (Fsp3) is 0.208. The molecule has 3 aromatic carbocycles. The molecule has 0 atom stereocenters. The monoisotopic (exact) mass is 486 g/mol. The van der Waals surface area contributed by atoms with Gasteiger partial charge >= 0.3 is 0 Å². The van der Waals surface area contributed by atoms with E-state index in [1.54, 1.807) is 55.5 Å². The number of methoxy groups -OCH3 is 4. The van der Waals surface area contributed by atoms with Crippen molar-refractivity contribution in [3.8, 4) is 23.0 Å². The van der Waals surface area contributed by atoms with E-state index >= 15 is 0 Å². The van der Waals surface area contributed by atoms with Gasteiger partial charge < -0.3 is 24.3 Å². The van der Waals surface area contributed by atoms with Crippen molar-refractivity contribution in [1.29, 1.82) is 0 Å². The van der Waals surface area contributed by atoms with Gasteiger partial charge in [-0.1, -0.05) is 18.2 Å². The first-order valence-corrected chi connectivity index (χ1v) is 11.6. The standard InChI is InChI=1S/C24H26N2O7S/c1-15-10-11-16(12-22(15)34(28,29)26-18-8-6-7-9-19(18)30-2)24(27)25-17-13-20(31-3)23(33-5)21(14-17)32-4/h6-14,26H,1-5H3,(H,25,27). The SMILES string of the molecule is COc1ccccc1NS(=O)(=O)c1cc(C(=O)Nc2cc(OC)c(OC)c(OC)c2)ccc1C. The highest BCUT2D eigenvalue weighted by molar-refractivity contribution is 7.92. The average molecular weight is 487 g/mol. The Labute approximate surface area is 198 Å². The Balaban J connectivity index is 1.92. The molecule has 0 radical (unpaired) electrons. The number of rotatable bonds is 9. The minimum Gasteiger partial charge on any atom is -0.495 e. The van der Waals surface area contributed by atoms with E-state index in [1.807, 2.05) is 0 Å². The number of carbonyl (C=O) groups excluding carboxylic acids is 1.